The largest absolute Gasteiger partial charge is 0.388 e. The predicted octanol–water partition coefficient (Wildman–Crippen LogP) is 1.67. The van der Waals surface area contributed by atoms with Crippen LogP contribution in [0.1, 0.15) is 46.0 Å². The van der Waals surface area contributed by atoms with Crippen LogP contribution in [0.2, 0.25) is 0 Å². The highest BCUT2D eigenvalue weighted by molar-refractivity contribution is 7.99. The number of unbranched alkanes of at least 4 members (excludes halogenated alkanes) is 2. The van der Waals surface area contributed by atoms with Crippen LogP contribution in [0.25, 0.3) is 0 Å². The Balaban J connectivity index is 0.00000420. The molecule has 2 saturated heterocycles. The summed E-state index contributed by atoms with van der Waals surface area (Å²) in [6, 6.07) is -0.987. The van der Waals surface area contributed by atoms with E-state index in [1.165, 1.54) is 31.0 Å². The van der Waals surface area contributed by atoms with Gasteiger partial charge in [0.25, 0.3) is 0 Å². The zero-order valence-corrected chi connectivity index (χ0v) is 20.9. The topological polar surface area (TPSA) is 111 Å². The molecule has 1 unspecified atom stereocenters. The summed E-state index contributed by atoms with van der Waals surface area (Å²) in [6.07, 6.45) is 2.39. The molecule has 180 valence electrons. The minimum Gasteiger partial charge on any atom is -0.388 e. The molecule has 0 aromatic carbocycles. The lowest BCUT2D eigenvalue weighted by Gasteiger charge is -2.44. The summed E-state index contributed by atoms with van der Waals surface area (Å²) in [5.41, 5.74) is -0.703. The normalized spacial score (nSPS) is 35.6. The van der Waals surface area contributed by atoms with Crippen LogP contribution in [0.4, 0.5) is 0 Å². The number of thioether (sulfide) groups is 1. The number of carbonyl (C=O) groups is 1. The molecule has 0 aromatic rings. The average molecular weight is 512 g/mol. The lowest BCUT2D eigenvalue weighted by Crippen LogP contribution is -2.65. The molecule has 1 amide bonds. The molecule has 0 bridgehead atoms. The average Bonchev–Trinajstić information content (AvgIpc) is 3.14. The molecule has 11 heteroatoms. The van der Waals surface area contributed by atoms with Gasteiger partial charge in [-0.15, -0.1) is 48.2 Å². The quantitative estimate of drug-likeness (QED) is 0.236. The van der Waals surface area contributed by atoms with Gasteiger partial charge in [-0.05, 0) is 38.5 Å². The zero-order valence-electron chi connectivity index (χ0n) is 17.7. The highest BCUT2D eigenvalue weighted by atomic mass is 35.5. The van der Waals surface area contributed by atoms with Crippen molar-refractivity contribution in [1.82, 2.24) is 10.6 Å². The van der Waals surface area contributed by atoms with Crippen LogP contribution in [-0.2, 0) is 9.53 Å². The summed E-state index contributed by atoms with van der Waals surface area (Å²) in [7, 11) is 0. The van der Waals surface area contributed by atoms with Gasteiger partial charge in [0.1, 0.15) is 29.9 Å². The Kier molecular flexibility index (Phi) is 14.8. The molecular weight excluding hydrogens is 475 g/mol. The fourth-order valence-corrected chi connectivity index (χ4v) is 4.89. The Hall–Kier alpha value is 0.490. The first-order valence-electron chi connectivity index (χ1n) is 10.2. The minimum absolute atomic E-state index is 0. The van der Waals surface area contributed by atoms with Crippen LogP contribution in [0.15, 0.2) is 0 Å². The Bertz CT molecular complexity index is 507. The van der Waals surface area contributed by atoms with E-state index >= 15 is 0 Å². The Labute approximate surface area is 201 Å². The lowest BCUT2D eigenvalue weighted by molar-refractivity contribution is -0.205. The molecule has 0 saturated carbocycles. The van der Waals surface area contributed by atoms with Crippen LogP contribution in [0.3, 0.4) is 0 Å². The number of hydrogen-bond acceptors (Lipinski definition) is 7. The van der Waals surface area contributed by atoms with Crippen LogP contribution < -0.4 is 10.6 Å². The maximum Gasteiger partial charge on any atom is 0.237 e. The second kappa shape index (κ2) is 14.6. The van der Waals surface area contributed by atoms with E-state index in [-0.39, 0.29) is 36.8 Å². The molecule has 30 heavy (non-hydrogen) atoms. The molecule has 2 aliphatic heterocycles. The SMILES string of the molecule is CCCCCC1CN[C@H](C(=O)N[C@H]([C@H]2O[C@H](SC)[C@H](O)[C@@H](O)[C@H]2O)[C@@H](C)Cl)C1.Cl.Cl. The maximum absolute atomic E-state index is 12.8. The van der Waals surface area contributed by atoms with Crippen molar-refractivity contribution in [2.24, 2.45) is 5.92 Å². The van der Waals surface area contributed by atoms with Gasteiger partial charge in [0.2, 0.25) is 5.91 Å². The van der Waals surface area contributed by atoms with Crippen molar-refractivity contribution in [2.45, 2.75) is 93.3 Å². The Morgan fingerprint density at radius 1 is 1.23 bits per heavy atom. The molecule has 0 spiro atoms. The molecule has 2 rings (SSSR count). The Morgan fingerprint density at radius 3 is 2.47 bits per heavy atom. The maximum atomic E-state index is 12.8. The Morgan fingerprint density at radius 2 is 1.90 bits per heavy atom. The van der Waals surface area contributed by atoms with Crippen LogP contribution in [0, 0.1) is 5.92 Å². The molecule has 0 radical (unpaired) electrons. The summed E-state index contributed by atoms with van der Waals surface area (Å²) in [5.74, 6) is 0.316. The monoisotopic (exact) mass is 510 g/mol. The standard InChI is InChI=1S/C19H35ClN2O5S.2ClH/c1-4-5-6-7-11-8-12(21-9-11)18(26)22-13(10(2)20)17-15(24)14(23)16(25)19(27-17)28-3;;/h10-17,19,21,23-25H,4-9H2,1-3H3,(H,22,26);2*1H/t10-,11?,12+,13+,14+,15-,16-,17-,19-;;/m1../s1. The molecule has 0 aliphatic carbocycles. The number of amides is 1. The van der Waals surface area contributed by atoms with Gasteiger partial charge in [-0.2, -0.15) is 0 Å². The number of rotatable bonds is 9. The van der Waals surface area contributed by atoms with Gasteiger partial charge < -0.3 is 30.7 Å². The number of alkyl halides is 1. The summed E-state index contributed by atoms with van der Waals surface area (Å²) in [5, 5.41) is 36.3. The first-order valence-corrected chi connectivity index (χ1v) is 11.9. The zero-order chi connectivity index (χ0) is 20.8. The molecule has 7 nitrogen and oxygen atoms in total. The number of hydrogen-bond donors (Lipinski definition) is 5. The first-order chi connectivity index (χ1) is 13.3. The number of aliphatic hydroxyl groups is 3. The number of ether oxygens (including phenoxy) is 1. The van der Waals surface area contributed by atoms with E-state index in [1.54, 1.807) is 13.2 Å². The van der Waals surface area contributed by atoms with Crippen LogP contribution in [-0.4, -0.2) is 81.3 Å². The van der Waals surface area contributed by atoms with E-state index < -0.39 is 41.3 Å². The fraction of sp³-hybridized carbons (Fsp3) is 0.947. The van der Waals surface area contributed by atoms with Gasteiger partial charge in [0, 0.05) is 0 Å². The molecule has 2 fully saturated rings. The van der Waals surface area contributed by atoms with Crippen molar-refractivity contribution in [1.29, 1.82) is 0 Å². The van der Waals surface area contributed by atoms with Gasteiger partial charge >= 0.3 is 0 Å². The number of nitrogens with one attached hydrogen (secondary N) is 2. The highest BCUT2D eigenvalue weighted by Crippen LogP contribution is 2.30. The molecule has 2 heterocycles. The van der Waals surface area contributed by atoms with Gasteiger partial charge in [-0.3, -0.25) is 4.79 Å². The van der Waals surface area contributed by atoms with Crippen molar-refractivity contribution in [3.63, 3.8) is 0 Å². The molecule has 9 atom stereocenters. The van der Waals surface area contributed by atoms with Gasteiger partial charge in [0.15, 0.2) is 0 Å². The van der Waals surface area contributed by atoms with Crippen molar-refractivity contribution in [3.8, 4) is 0 Å². The van der Waals surface area contributed by atoms with E-state index in [9.17, 15) is 20.1 Å². The third-order valence-electron chi connectivity index (χ3n) is 5.75. The van der Waals surface area contributed by atoms with Gasteiger partial charge in [0.05, 0.1) is 17.5 Å². The molecule has 2 aliphatic rings. The third kappa shape index (κ3) is 7.81. The van der Waals surface area contributed by atoms with E-state index in [2.05, 4.69) is 17.6 Å². The van der Waals surface area contributed by atoms with Crippen LogP contribution >= 0.6 is 48.2 Å². The predicted molar refractivity (Wildman–Crippen MR) is 126 cm³/mol. The van der Waals surface area contributed by atoms with Crippen molar-refractivity contribution in [3.05, 3.63) is 0 Å². The summed E-state index contributed by atoms with van der Waals surface area (Å²) >= 11 is 7.54. The summed E-state index contributed by atoms with van der Waals surface area (Å²) < 4.78 is 5.79. The lowest BCUT2D eigenvalue weighted by atomic mass is 9.92. The second-order valence-corrected chi connectivity index (χ2v) is 9.57. The van der Waals surface area contributed by atoms with Gasteiger partial charge in [-0.1, -0.05) is 26.2 Å². The van der Waals surface area contributed by atoms with E-state index in [0.29, 0.717) is 5.92 Å². The van der Waals surface area contributed by atoms with E-state index in [1.807, 2.05) is 0 Å². The second-order valence-electron chi connectivity index (χ2n) is 7.95. The van der Waals surface area contributed by atoms with E-state index in [0.717, 1.165) is 19.4 Å². The number of halogens is 3. The molecule has 0 aromatic heterocycles. The minimum atomic E-state index is -1.36. The van der Waals surface area contributed by atoms with E-state index in [4.69, 9.17) is 16.3 Å². The number of aliphatic hydroxyl groups excluding tert-OH is 3. The van der Waals surface area contributed by atoms with Crippen LogP contribution in [0.5, 0.6) is 0 Å². The van der Waals surface area contributed by atoms with Crippen molar-refractivity contribution in [2.75, 3.05) is 12.8 Å². The molecule has 5 N–H and O–H groups in total. The highest BCUT2D eigenvalue weighted by Gasteiger charge is 2.48. The first kappa shape index (κ1) is 30.5. The third-order valence-corrected chi connectivity index (χ3v) is 6.88. The summed E-state index contributed by atoms with van der Waals surface area (Å²) in [6.45, 7) is 4.71. The smallest absolute Gasteiger partial charge is 0.237 e. The fourth-order valence-electron chi connectivity index (χ4n) is 4.00. The van der Waals surface area contributed by atoms with Gasteiger partial charge in [-0.25, -0.2) is 0 Å². The number of carbonyl (C=O) groups excluding carboxylic acids is 1. The molecular formula is C19H37Cl3N2O5S. The summed E-state index contributed by atoms with van der Waals surface area (Å²) in [4.78, 5) is 12.8. The van der Waals surface area contributed by atoms with Crippen molar-refractivity contribution < 1.29 is 24.9 Å². The van der Waals surface area contributed by atoms with Crippen molar-refractivity contribution >= 4 is 54.1 Å².